The molecule has 1 fully saturated rings. The van der Waals surface area contributed by atoms with Gasteiger partial charge in [-0.05, 0) is 105 Å². The SMILES string of the molecule is C=Cc1c2[nH]c(c1C)/C=C1\N/C(=C3\c4[nH]c(c(C)c4C(=O)[C@@H]3C(=O)OC)/C=c3\[nH]/c(c(C)c3CC)=C\2)[C@@H](CCC(=O)OC/C=C\CCC[C@H](C)CCC[C@H](C)CCCC(C)C)[C@@H]1C. The number of H-pyrrole nitrogens is 3. The molecular weight excluding hydrogens is 785 g/mol. The Morgan fingerprint density at radius 2 is 1.49 bits per heavy atom. The van der Waals surface area contributed by atoms with Gasteiger partial charge in [0, 0.05) is 74.1 Å². The van der Waals surface area contributed by atoms with Crippen LogP contribution in [0.1, 0.15) is 173 Å². The zero-order valence-corrected chi connectivity index (χ0v) is 39.9. The molecule has 340 valence electrons. The summed E-state index contributed by atoms with van der Waals surface area (Å²) in [4.78, 5) is 52.2. The maximum atomic E-state index is 14.4. The number of carbonyl (C=O) groups is 3. The topological polar surface area (TPSA) is 129 Å². The molecule has 0 saturated carbocycles. The molecule has 0 radical (unpaired) electrons. The highest BCUT2D eigenvalue weighted by atomic mass is 16.5. The van der Waals surface area contributed by atoms with E-state index in [1.165, 1.54) is 57.6 Å². The van der Waals surface area contributed by atoms with E-state index in [0.29, 0.717) is 23.3 Å². The Morgan fingerprint density at radius 3 is 2.16 bits per heavy atom. The summed E-state index contributed by atoms with van der Waals surface area (Å²) < 4.78 is 11.0. The van der Waals surface area contributed by atoms with E-state index in [2.05, 4.69) is 107 Å². The second-order valence-electron chi connectivity index (χ2n) is 19.2. The molecular formula is C54H74N4O5. The molecule has 9 nitrogen and oxygen atoms in total. The molecule has 0 unspecified atom stereocenters. The number of ether oxygens (including phenoxy) is 2. The first-order valence-corrected chi connectivity index (χ1v) is 23.8. The van der Waals surface area contributed by atoms with Crippen molar-refractivity contribution >= 4 is 47.6 Å². The smallest absolute Gasteiger partial charge is 0.321 e. The van der Waals surface area contributed by atoms with Crippen molar-refractivity contribution in [1.82, 2.24) is 20.3 Å². The lowest BCUT2D eigenvalue weighted by Gasteiger charge is -2.19. The Hall–Kier alpha value is -5.05. The van der Waals surface area contributed by atoms with Gasteiger partial charge in [0.25, 0.3) is 0 Å². The van der Waals surface area contributed by atoms with E-state index in [9.17, 15) is 14.4 Å². The fraction of sp³-hybridized carbons (Fsp3) is 0.537. The van der Waals surface area contributed by atoms with Gasteiger partial charge in [0.05, 0.1) is 12.8 Å². The van der Waals surface area contributed by atoms with E-state index in [1.807, 2.05) is 19.1 Å². The van der Waals surface area contributed by atoms with Gasteiger partial charge in [-0.3, -0.25) is 14.4 Å². The van der Waals surface area contributed by atoms with Crippen LogP contribution in [0.4, 0.5) is 0 Å². The lowest BCUT2D eigenvalue weighted by atomic mass is 9.85. The van der Waals surface area contributed by atoms with E-state index < -0.39 is 11.9 Å². The molecule has 6 rings (SSSR count). The molecule has 0 spiro atoms. The summed E-state index contributed by atoms with van der Waals surface area (Å²) in [7, 11) is 1.32. The van der Waals surface area contributed by atoms with Crippen LogP contribution in [0.15, 0.2) is 30.1 Å². The molecule has 4 N–H and O–H groups in total. The summed E-state index contributed by atoms with van der Waals surface area (Å²) in [5, 5.41) is 5.65. The van der Waals surface area contributed by atoms with Crippen LogP contribution in [0.5, 0.6) is 0 Å². The normalized spacial score (nSPS) is 22.0. The number of fused-ring (bicyclic) bond motifs is 7. The first-order chi connectivity index (χ1) is 30.2. The minimum Gasteiger partial charge on any atom is -0.468 e. The van der Waals surface area contributed by atoms with Crippen molar-refractivity contribution in [3.8, 4) is 0 Å². The number of allylic oxidation sites excluding steroid dienone is 3. The third-order valence-corrected chi connectivity index (χ3v) is 14.2. The van der Waals surface area contributed by atoms with Crippen LogP contribution in [-0.2, 0) is 25.5 Å². The maximum absolute atomic E-state index is 14.4. The fourth-order valence-electron chi connectivity index (χ4n) is 10.2. The van der Waals surface area contributed by atoms with Gasteiger partial charge in [-0.15, -0.1) is 0 Å². The fourth-order valence-corrected chi connectivity index (χ4v) is 10.2. The van der Waals surface area contributed by atoms with Crippen molar-refractivity contribution in [2.45, 2.75) is 139 Å². The summed E-state index contributed by atoms with van der Waals surface area (Å²) in [5.74, 6) is -0.263. The number of rotatable bonds is 20. The number of hydrogen-bond donors (Lipinski definition) is 4. The van der Waals surface area contributed by atoms with Crippen molar-refractivity contribution in [2.75, 3.05) is 13.7 Å². The first-order valence-electron chi connectivity index (χ1n) is 23.8. The highest BCUT2D eigenvalue weighted by molar-refractivity contribution is 6.24. The first kappa shape index (κ1) is 47.4. The number of ketones is 1. The zero-order chi connectivity index (χ0) is 45.5. The van der Waals surface area contributed by atoms with Crippen molar-refractivity contribution < 1.29 is 23.9 Å². The monoisotopic (exact) mass is 859 g/mol. The van der Waals surface area contributed by atoms with E-state index in [1.54, 1.807) is 0 Å². The largest absolute Gasteiger partial charge is 0.468 e. The summed E-state index contributed by atoms with van der Waals surface area (Å²) in [6, 6.07) is 0. The Morgan fingerprint density at radius 1 is 0.825 bits per heavy atom. The van der Waals surface area contributed by atoms with Crippen LogP contribution in [0, 0.1) is 56.3 Å². The van der Waals surface area contributed by atoms with E-state index in [4.69, 9.17) is 9.47 Å². The van der Waals surface area contributed by atoms with Crippen molar-refractivity contribution in [3.05, 3.63) is 97.0 Å². The molecule has 2 aliphatic heterocycles. The number of esters is 2. The van der Waals surface area contributed by atoms with Gasteiger partial charge in [-0.25, -0.2) is 0 Å². The number of methoxy groups -OCH3 is 1. The van der Waals surface area contributed by atoms with Gasteiger partial charge >= 0.3 is 11.9 Å². The lowest BCUT2D eigenvalue weighted by molar-refractivity contribution is -0.143. The van der Waals surface area contributed by atoms with Crippen molar-refractivity contribution in [3.63, 3.8) is 0 Å². The highest BCUT2D eigenvalue weighted by Crippen LogP contribution is 2.48. The minimum absolute atomic E-state index is 0.0851. The second-order valence-corrected chi connectivity index (χ2v) is 19.2. The molecule has 5 heterocycles. The Balaban J connectivity index is 1.20. The van der Waals surface area contributed by atoms with Gasteiger partial charge < -0.3 is 29.7 Å². The number of hydrogen-bond acceptors (Lipinski definition) is 6. The third-order valence-electron chi connectivity index (χ3n) is 14.2. The van der Waals surface area contributed by atoms with E-state index in [0.717, 1.165) is 98.4 Å². The number of carbonyl (C=O) groups excluding carboxylic acids is 3. The summed E-state index contributed by atoms with van der Waals surface area (Å²) >= 11 is 0. The number of aromatic amines is 3. The Labute approximate surface area is 376 Å². The van der Waals surface area contributed by atoms with Crippen LogP contribution >= 0.6 is 0 Å². The molecule has 3 aromatic heterocycles. The molecule has 63 heavy (non-hydrogen) atoms. The maximum Gasteiger partial charge on any atom is 0.321 e. The standard InChI is InChI=1S/C54H74N4O5/c1-12-38-34(7)41-28-43-36(9)40(25-26-47(59)63-27-17-15-14-16-21-32(5)23-19-24-33(6)22-18-20-31(3)4)51(57-43)49-50(54(61)62-11)53(60)48-37(10)44(58-52(48)49)30-46-39(13-2)35(8)42(56-46)29-45(38)55-41/h12,15,17,28-33,36,40,50,55-58H,1,13-14,16,18-27H2,2-11H3/b17-15-,42-29-,43-28-,46-30-,51-49-/t32-,33+,36-,40-,50+/m0/s1. The lowest BCUT2D eigenvalue weighted by Crippen LogP contribution is -2.25. The van der Waals surface area contributed by atoms with Crippen molar-refractivity contribution in [1.29, 1.82) is 0 Å². The molecule has 9 heteroatoms. The third kappa shape index (κ3) is 10.5. The van der Waals surface area contributed by atoms with Gasteiger partial charge in [-0.1, -0.05) is 111 Å². The molecule has 5 atom stereocenters. The molecule has 1 saturated heterocycles. The zero-order valence-electron chi connectivity index (χ0n) is 39.9. The average Bonchev–Trinajstić information content (AvgIpc) is 3.99. The minimum atomic E-state index is -1.14. The molecule has 0 aromatic carbocycles. The molecule has 1 aliphatic carbocycles. The molecule has 3 aliphatic rings. The highest BCUT2D eigenvalue weighted by Gasteiger charge is 2.48. The second kappa shape index (κ2) is 21.1. The number of aromatic nitrogens is 3. The van der Waals surface area contributed by atoms with E-state index >= 15 is 0 Å². The Kier molecular flexibility index (Phi) is 15.9. The predicted octanol–water partition coefficient (Wildman–Crippen LogP) is 10.7. The number of unbranched alkanes of at least 4 members (excludes halogenated alkanes) is 1. The Bertz CT molecular complexity index is 2400. The van der Waals surface area contributed by atoms with Crippen LogP contribution in [0.2, 0.25) is 0 Å². The number of nitrogens with one attached hydrogen (secondary N) is 4. The summed E-state index contributed by atoms with van der Waals surface area (Å²) in [6.07, 6.45) is 25.1. The van der Waals surface area contributed by atoms with E-state index in [-0.39, 0.29) is 36.6 Å². The van der Waals surface area contributed by atoms with Gasteiger partial charge in [-0.2, -0.15) is 0 Å². The summed E-state index contributed by atoms with van der Waals surface area (Å²) in [6.45, 7) is 24.2. The van der Waals surface area contributed by atoms with Crippen LogP contribution < -0.4 is 16.0 Å². The average molecular weight is 859 g/mol. The molecule has 3 aromatic rings. The van der Waals surface area contributed by atoms with Gasteiger partial charge in [0.15, 0.2) is 5.78 Å². The quantitative estimate of drug-likeness (QED) is 0.0388. The van der Waals surface area contributed by atoms with Gasteiger partial charge in [0.1, 0.15) is 12.5 Å². The molecule has 0 amide bonds. The van der Waals surface area contributed by atoms with Crippen molar-refractivity contribution in [2.24, 2.45) is 35.5 Å². The van der Waals surface area contributed by atoms with Crippen LogP contribution in [0.3, 0.4) is 0 Å². The predicted molar refractivity (Wildman–Crippen MR) is 257 cm³/mol. The summed E-state index contributed by atoms with van der Waals surface area (Å²) in [5.41, 5.74) is 11.2. The van der Waals surface area contributed by atoms with Crippen LogP contribution in [0.25, 0.3) is 29.9 Å². The van der Waals surface area contributed by atoms with Crippen LogP contribution in [-0.4, -0.2) is 46.4 Å². The molecule has 8 bridgehead atoms. The van der Waals surface area contributed by atoms with Gasteiger partial charge in [0.2, 0.25) is 0 Å². The number of Topliss-reactive ketones (excluding diaryl/α,β-unsaturated/α-hetero) is 1.